The number of hydrogen-bond acceptors (Lipinski definition) is 2. The summed E-state index contributed by atoms with van der Waals surface area (Å²) in [5.41, 5.74) is 5.11. The van der Waals surface area contributed by atoms with Gasteiger partial charge in [0.05, 0.1) is 11.4 Å². The van der Waals surface area contributed by atoms with Crippen molar-refractivity contribution in [3.8, 4) is 0 Å². The third-order valence-electron chi connectivity index (χ3n) is 5.06. The molecule has 0 aromatic heterocycles. The zero-order valence-corrected chi connectivity index (χ0v) is 19.9. The van der Waals surface area contributed by atoms with E-state index < -0.39 is 0 Å². The minimum Gasteiger partial charge on any atom is -0.308 e. The maximum atomic E-state index is 3.62. The van der Waals surface area contributed by atoms with Gasteiger partial charge in [0.1, 0.15) is 0 Å². The number of nitrogens with zero attached hydrogens (tertiary/aromatic N) is 1. The summed E-state index contributed by atoms with van der Waals surface area (Å²) in [5, 5.41) is 0. The van der Waals surface area contributed by atoms with E-state index in [0.717, 1.165) is 8.95 Å². The predicted molar refractivity (Wildman–Crippen MR) is 128 cm³/mol. The van der Waals surface area contributed by atoms with Gasteiger partial charge in [-0.3, -0.25) is 0 Å². The summed E-state index contributed by atoms with van der Waals surface area (Å²) in [5.74, 6) is 0. The Bertz CT molecular complexity index is 917. The van der Waals surface area contributed by atoms with E-state index in [1.807, 2.05) is 11.8 Å². The number of halogens is 2. The van der Waals surface area contributed by atoms with Gasteiger partial charge in [-0.25, -0.2) is 0 Å². The molecule has 4 heteroatoms. The first-order valence-corrected chi connectivity index (χ1v) is 12.2. The SMILES string of the molecule is CCCCCCc1ccc(N2c3ccc(Br)cc3Sc3cc(Br)ccc32)cc1. The summed E-state index contributed by atoms with van der Waals surface area (Å²) in [4.78, 5) is 4.91. The average molecular weight is 517 g/mol. The van der Waals surface area contributed by atoms with Crippen LogP contribution < -0.4 is 4.90 Å². The molecule has 0 fully saturated rings. The molecule has 144 valence electrons. The van der Waals surface area contributed by atoms with Crippen LogP contribution in [-0.2, 0) is 6.42 Å². The Morgan fingerprint density at radius 1 is 0.750 bits per heavy atom. The molecule has 1 heterocycles. The van der Waals surface area contributed by atoms with Crippen LogP contribution in [0.1, 0.15) is 38.2 Å². The van der Waals surface area contributed by atoms with Crippen molar-refractivity contribution in [2.75, 3.05) is 4.90 Å². The van der Waals surface area contributed by atoms with Crippen molar-refractivity contribution < 1.29 is 0 Å². The second kappa shape index (κ2) is 9.06. The molecule has 0 bridgehead atoms. The Morgan fingerprint density at radius 3 is 1.93 bits per heavy atom. The van der Waals surface area contributed by atoms with Crippen LogP contribution in [0.25, 0.3) is 0 Å². The molecule has 1 aliphatic heterocycles. The van der Waals surface area contributed by atoms with Gasteiger partial charge < -0.3 is 4.90 Å². The fourth-order valence-corrected chi connectivity index (χ4v) is 5.76. The van der Waals surface area contributed by atoms with E-state index in [4.69, 9.17) is 0 Å². The minimum absolute atomic E-state index is 1.11. The van der Waals surface area contributed by atoms with Crippen molar-refractivity contribution in [1.82, 2.24) is 0 Å². The number of anilines is 3. The van der Waals surface area contributed by atoms with E-state index in [1.54, 1.807) is 0 Å². The molecule has 1 aliphatic rings. The van der Waals surface area contributed by atoms with Gasteiger partial charge in [-0.2, -0.15) is 0 Å². The minimum atomic E-state index is 1.11. The highest BCUT2D eigenvalue weighted by Gasteiger charge is 2.25. The molecule has 0 saturated heterocycles. The van der Waals surface area contributed by atoms with Gasteiger partial charge >= 0.3 is 0 Å². The molecule has 0 atom stereocenters. The molecule has 1 nitrogen and oxygen atoms in total. The van der Waals surface area contributed by atoms with Crippen molar-refractivity contribution in [3.63, 3.8) is 0 Å². The Balaban J connectivity index is 1.67. The molecule has 0 saturated carbocycles. The molecular formula is C24H23Br2NS. The lowest BCUT2D eigenvalue weighted by Crippen LogP contribution is -2.14. The fourth-order valence-electron chi connectivity index (χ4n) is 3.60. The van der Waals surface area contributed by atoms with Crippen molar-refractivity contribution >= 4 is 60.7 Å². The Labute approximate surface area is 188 Å². The lowest BCUT2D eigenvalue weighted by Gasteiger charge is -2.33. The Hall–Kier alpha value is -1.23. The Morgan fingerprint density at radius 2 is 1.36 bits per heavy atom. The van der Waals surface area contributed by atoms with Gasteiger partial charge in [0.25, 0.3) is 0 Å². The predicted octanol–water partition coefficient (Wildman–Crippen LogP) is 9.27. The third-order valence-corrected chi connectivity index (χ3v) is 7.14. The van der Waals surface area contributed by atoms with Crippen LogP contribution in [0.3, 0.4) is 0 Å². The Kier molecular flexibility index (Phi) is 6.49. The number of fused-ring (bicyclic) bond motifs is 2. The van der Waals surface area contributed by atoms with Crippen LogP contribution in [0.15, 0.2) is 79.4 Å². The molecule has 0 radical (unpaired) electrons. The smallest absolute Gasteiger partial charge is 0.0602 e. The van der Waals surface area contributed by atoms with E-state index >= 15 is 0 Å². The highest BCUT2D eigenvalue weighted by atomic mass is 79.9. The molecule has 0 amide bonds. The summed E-state index contributed by atoms with van der Waals surface area (Å²) >= 11 is 9.08. The molecule has 0 N–H and O–H groups in total. The zero-order valence-electron chi connectivity index (χ0n) is 15.9. The van der Waals surface area contributed by atoms with Crippen molar-refractivity contribution in [1.29, 1.82) is 0 Å². The first-order chi connectivity index (χ1) is 13.7. The maximum Gasteiger partial charge on any atom is 0.0602 e. The number of rotatable bonds is 6. The average Bonchev–Trinajstić information content (AvgIpc) is 2.70. The monoisotopic (exact) mass is 515 g/mol. The van der Waals surface area contributed by atoms with E-state index in [0.29, 0.717) is 0 Å². The van der Waals surface area contributed by atoms with Crippen LogP contribution in [0.2, 0.25) is 0 Å². The topological polar surface area (TPSA) is 3.24 Å². The quantitative estimate of drug-likeness (QED) is 0.235. The first-order valence-electron chi connectivity index (χ1n) is 9.82. The van der Waals surface area contributed by atoms with Crippen molar-refractivity contribution in [3.05, 3.63) is 75.2 Å². The molecule has 3 aromatic carbocycles. The van der Waals surface area contributed by atoms with E-state index in [-0.39, 0.29) is 0 Å². The molecule has 28 heavy (non-hydrogen) atoms. The van der Waals surface area contributed by atoms with Crippen molar-refractivity contribution in [2.45, 2.75) is 48.8 Å². The van der Waals surface area contributed by atoms with Gasteiger partial charge in [0.2, 0.25) is 0 Å². The van der Waals surface area contributed by atoms with Crippen LogP contribution >= 0.6 is 43.6 Å². The normalized spacial score (nSPS) is 12.6. The van der Waals surface area contributed by atoms with Crippen molar-refractivity contribution in [2.24, 2.45) is 0 Å². The van der Waals surface area contributed by atoms with Gasteiger partial charge in [-0.05, 0) is 66.9 Å². The zero-order chi connectivity index (χ0) is 19.5. The van der Waals surface area contributed by atoms with Gasteiger partial charge in [0, 0.05) is 24.4 Å². The lowest BCUT2D eigenvalue weighted by molar-refractivity contribution is 0.667. The van der Waals surface area contributed by atoms with Gasteiger partial charge in [-0.1, -0.05) is 81.9 Å². The number of hydrogen-bond donors (Lipinski definition) is 0. The van der Waals surface area contributed by atoms with E-state index in [9.17, 15) is 0 Å². The third kappa shape index (κ3) is 4.34. The van der Waals surface area contributed by atoms with E-state index in [1.165, 1.54) is 64.5 Å². The molecule has 4 rings (SSSR count). The molecule has 0 unspecified atom stereocenters. The standard InChI is InChI=1S/C24H23Br2NS/c1-2-3-4-5-6-17-7-11-20(12-8-17)27-21-13-9-18(25)15-23(21)28-24-16-19(26)10-14-22(24)27/h7-16H,2-6H2,1H3. The first kappa shape index (κ1) is 20.1. The van der Waals surface area contributed by atoms with Gasteiger partial charge in [0.15, 0.2) is 0 Å². The fraction of sp³-hybridized carbons (Fsp3) is 0.250. The molecule has 0 aliphatic carbocycles. The van der Waals surface area contributed by atoms with Gasteiger partial charge in [-0.15, -0.1) is 0 Å². The van der Waals surface area contributed by atoms with Crippen LogP contribution in [0.5, 0.6) is 0 Å². The van der Waals surface area contributed by atoms with Crippen LogP contribution in [-0.4, -0.2) is 0 Å². The summed E-state index contributed by atoms with van der Waals surface area (Å²) in [7, 11) is 0. The summed E-state index contributed by atoms with van der Waals surface area (Å²) in [6.07, 6.45) is 6.40. The lowest BCUT2D eigenvalue weighted by atomic mass is 10.1. The number of aryl methyl sites for hydroxylation is 1. The maximum absolute atomic E-state index is 3.62. The largest absolute Gasteiger partial charge is 0.308 e. The summed E-state index contributed by atoms with van der Waals surface area (Å²) in [6, 6.07) is 22.2. The number of benzene rings is 3. The molecule has 3 aromatic rings. The summed E-state index contributed by atoms with van der Waals surface area (Å²) < 4.78 is 2.22. The molecule has 0 spiro atoms. The highest BCUT2D eigenvalue weighted by molar-refractivity contribution is 9.10. The van der Waals surface area contributed by atoms with Crippen LogP contribution in [0.4, 0.5) is 17.1 Å². The highest BCUT2D eigenvalue weighted by Crippen LogP contribution is 2.52. The van der Waals surface area contributed by atoms with Crippen LogP contribution in [0, 0.1) is 0 Å². The van der Waals surface area contributed by atoms with E-state index in [2.05, 4.69) is 104 Å². The second-order valence-corrected chi connectivity index (χ2v) is 10.1. The number of unbranched alkanes of at least 4 members (excludes halogenated alkanes) is 3. The summed E-state index contributed by atoms with van der Waals surface area (Å²) in [6.45, 7) is 2.26. The second-order valence-electron chi connectivity index (χ2n) is 7.14. The molecular weight excluding hydrogens is 494 g/mol.